The fraction of sp³-hybridized carbons (Fsp3) is 0.273. The summed E-state index contributed by atoms with van der Waals surface area (Å²) >= 11 is 7.29. The monoisotopic (exact) mass is 269 g/mol. The molecule has 0 fully saturated rings. The van der Waals surface area contributed by atoms with Crippen LogP contribution in [-0.2, 0) is 4.79 Å². The lowest BCUT2D eigenvalue weighted by Gasteiger charge is -1.98. The largest absolute Gasteiger partial charge is 0.330 e. The Hall–Kier alpha value is -1.17. The van der Waals surface area contributed by atoms with E-state index in [1.165, 1.54) is 11.3 Å². The summed E-state index contributed by atoms with van der Waals surface area (Å²) in [7, 11) is 0. The highest BCUT2D eigenvalue weighted by Crippen LogP contribution is 2.28. The highest BCUT2D eigenvalue weighted by Gasteiger charge is 2.07. The summed E-state index contributed by atoms with van der Waals surface area (Å²) < 4.78 is 0.964. The molecule has 0 bridgehead atoms. The first-order valence-corrected chi connectivity index (χ1v) is 6.44. The molecule has 1 aromatic heterocycles. The summed E-state index contributed by atoms with van der Waals surface area (Å²) in [4.78, 5) is 15.8. The molecule has 0 saturated carbocycles. The number of rotatable bonds is 4. The van der Waals surface area contributed by atoms with E-state index in [1.807, 2.05) is 12.1 Å². The Labute approximate surface area is 108 Å². The number of nitrogens with one attached hydrogen (secondary N) is 1. The molecule has 0 aliphatic rings. The van der Waals surface area contributed by atoms with Gasteiger partial charge in [-0.2, -0.15) is 0 Å². The number of carbonyl (C=O) groups excluding carboxylic acids is 1. The van der Waals surface area contributed by atoms with Crippen LogP contribution >= 0.6 is 22.9 Å². The van der Waals surface area contributed by atoms with E-state index in [9.17, 15) is 4.79 Å². The van der Waals surface area contributed by atoms with Crippen molar-refractivity contribution in [3.05, 3.63) is 23.2 Å². The standard InChI is InChI=1S/C11H12ClN3OS/c12-7-3-4-8-9(6-7)17-11(14-8)15-10(16)2-1-5-13/h3-4,6H,1-2,5,13H2,(H,14,15,16). The normalized spacial score (nSPS) is 10.7. The van der Waals surface area contributed by atoms with Crippen molar-refractivity contribution in [1.82, 2.24) is 4.98 Å². The summed E-state index contributed by atoms with van der Waals surface area (Å²) in [5.74, 6) is -0.0550. The Kier molecular flexibility index (Phi) is 3.93. The summed E-state index contributed by atoms with van der Waals surface area (Å²) in [5.41, 5.74) is 6.18. The van der Waals surface area contributed by atoms with Gasteiger partial charge in [-0.15, -0.1) is 0 Å². The van der Waals surface area contributed by atoms with Crippen LogP contribution in [0.2, 0.25) is 5.02 Å². The number of amides is 1. The van der Waals surface area contributed by atoms with Crippen LogP contribution in [0.4, 0.5) is 5.13 Å². The molecule has 4 nitrogen and oxygen atoms in total. The molecule has 0 aliphatic carbocycles. The average Bonchev–Trinajstić information content (AvgIpc) is 2.67. The molecule has 0 radical (unpaired) electrons. The number of aromatic nitrogens is 1. The summed E-state index contributed by atoms with van der Waals surface area (Å²) in [6.07, 6.45) is 1.11. The third-order valence-corrected chi connectivity index (χ3v) is 3.37. The van der Waals surface area contributed by atoms with E-state index in [4.69, 9.17) is 17.3 Å². The first-order valence-electron chi connectivity index (χ1n) is 5.25. The van der Waals surface area contributed by atoms with Crippen LogP contribution in [0, 0.1) is 0 Å². The number of halogens is 1. The van der Waals surface area contributed by atoms with Crippen molar-refractivity contribution in [1.29, 1.82) is 0 Å². The minimum absolute atomic E-state index is 0.0550. The Morgan fingerprint density at radius 1 is 1.53 bits per heavy atom. The molecule has 0 saturated heterocycles. The summed E-state index contributed by atoms with van der Waals surface area (Å²) in [5, 5.41) is 4.03. The van der Waals surface area contributed by atoms with Gasteiger partial charge in [0.15, 0.2) is 5.13 Å². The molecule has 0 atom stereocenters. The molecule has 0 aliphatic heterocycles. The zero-order valence-electron chi connectivity index (χ0n) is 9.07. The zero-order valence-corrected chi connectivity index (χ0v) is 10.6. The quantitative estimate of drug-likeness (QED) is 0.897. The smallest absolute Gasteiger partial charge is 0.226 e. The van der Waals surface area contributed by atoms with Crippen LogP contribution in [-0.4, -0.2) is 17.4 Å². The first kappa shape index (κ1) is 12.3. The second-order valence-corrected chi connectivity index (χ2v) is 5.04. The lowest BCUT2D eigenvalue weighted by atomic mass is 10.3. The van der Waals surface area contributed by atoms with Gasteiger partial charge in [0.2, 0.25) is 5.91 Å². The number of nitrogens with zero attached hydrogens (tertiary/aromatic N) is 1. The van der Waals surface area contributed by atoms with Crippen molar-refractivity contribution in [2.24, 2.45) is 5.73 Å². The molecular formula is C11H12ClN3OS. The number of benzene rings is 1. The van der Waals surface area contributed by atoms with Gasteiger partial charge in [-0.25, -0.2) is 4.98 Å². The van der Waals surface area contributed by atoms with Gasteiger partial charge in [-0.1, -0.05) is 22.9 Å². The number of hydrogen-bond acceptors (Lipinski definition) is 4. The van der Waals surface area contributed by atoms with E-state index in [2.05, 4.69) is 10.3 Å². The fourth-order valence-corrected chi connectivity index (χ4v) is 2.55. The van der Waals surface area contributed by atoms with Crippen molar-refractivity contribution in [2.45, 2.75) is 12.8 Å². The molecular weight excluding hydrogens is 258 g/mol. The third-order valence-electron chi connectivity index (χ3n) is 2.20. The van der Waals surface area contributed by atoms with Crippen LogP contribution < -0.4 is 11.1 Å². The number of nitrogens with two attached hydrogens (primary N) is 1. The number of carbonyl (C=O) groups is 1. The first-order chi connectivity index (χ1) is 8.19. The molecule has 17 heavy (non-hydrogen) atoms. The van der Waals surface area contributed by atoms with E-state index in [-0.39, 0.29) is 5.91 Å². The van der Waals surface area contributed by atoms with Crippen LogP contribution in [0.1, 0.15) is 12.8 Å². The molecule has 0 unspecified atom stereocenters. The van der Waals surface area contributed by atoms with Crippen LogP contribution in [0.15, 0.2) is 18.2 Å². The summed E-state index contributed by atoms with van der Waals surface area (Å²) in [6, 6.07) is 5.46. The van der Waals surface area contributed by atoms with Gasteiger partial charge < -0.3 is 11.1 Å². The number of hydrogen-bond donors (Lipinski definition) is 2. The molecule has 1 aromatic carbocycles. The minimum Gasteiger partial charge on any atom is -0.330 e. The maximum absolute atomic E-state index is 11.5. The second-order valence-electron chi connectivity index (χ2n) is 3.57. The molecule has 90 valence electrons. The van der Waals surface area contributed by atoms with Crippen molar-refractivity contribution < 1.29 is 4.79 Å². The fourth-order valence-electron chi connectivity index (χ4n) is 1.40. The van der Waals surface area contributed by atoms with Crippen molar-refractivity contribution in [3.8, 4) is 0 Å². The lowest BCUT2D eigenvalue weighted by molar-refractivity contribution is -0.116. The van der Waals surface area contributed by atoms with E-state index in [0.29, 0.717) is 29.5 Å². The molecule has 3 N–H and O–H groups in total. The lowest BCUT2D eigenvalue weighted by Crippen LogP contribution is -2.13. The second kappa shape index (κ2) is 5.44. The van der Waals surface area contributed by atoms with Gasteiger partial charge in [-0.3, -0.25) is 4.79 Å². The number of thiazole rings is 1. The average molecular weight is 270 g/mol. The Balaban J connectivity index is 2.11. The maximum atomic E-state index is 11.5. The SMILES string of the molecule is NCCCC(=O)Nc1nc2ccc(Cl)cc2s1. The number of fused-ring (bicyclic) bond motifs is 1. The van der Waals surface area contributed by atoms with Gasteiger partial charge in [0.05, 0.1) is 10.2 Å². The highest BCUT2D eigenvalue weighted by atomic mass is 35.5. The van der Waals surface area contributed by atoms with Crippen LogP contribution in [0.3, 0.4) is 0 Å². The maximum Gasteiger partial charge on any atom is 0.226 e. The Bertz CT molecular complexity index is 540. The predicted molar refractivity (Wildman–Crippen MR) is 71.5 cm³/mol. The zero-order chi connectivity index (χ0) is 12.3. The minimum atomic E-state index is -0.0550. The van der Waals surface area contributed by atoms with Gasteiger partial charge >= 0.3 is 0 Å². The highest BCUT2D eigenvalue weighted by molar-refractivity contribution is 7.22. The van der Waals surface area contributed by atoms with Gasteiger partial charge in [-0.05, 0) is 31.2 Å². The third kappa shape index (κ3) is 3.15. The van der Waals surface area contributed by atoms with E-state index < -0.39 is 0 Å². The van der Waals surface area contributed by atoms with Crippen LogP contribution in [0.25, 0.3) is 10.2 Å². The topological polar surface area (TPSA) is 68.0 Å². The summed E-state index contributed by atoms with van der Waals surface area (Å²) in [6.45, 7) is 0.517. The molecule has 6 heteroatoms. The molecule has 2 aromatic rings. The molecule has 1 heterocycles. The Morgan fingerprint density at radius 3 is 3.12 bits per heavy atom. The van der Waals surface area contributed by atoms with Gasteiger partial charge in [0, 0.05) is 11.4 Å². The number of anilines is 1. The van der Waals surface area contributed by atoms with Crippen LogP contribution in [0.5, 0.6) is 0 Å². The molecule has 2 rings (SSSR count). The molecule has 0 spiro atoms. The Morgan fingerprint density at radius 2 is 2.35 bits per heavy atom. The van der Waals surface area contributed by atoms with Gasteiger partial charge in [0.1, 0.15) is 0 Å². The van der Waals surface area contributed by atoms with Gasteiger partial charge in [0.25, 0.3) is 0 Å². The van der Waals surface area contributed by atoms with E-state index >= 15 is 0 Å². The van der Waals surface area contributed by atoms with E-state index in [0.717, 1.165) is 10.2 Å². The van der Waals surface area contributed by atoms with Crippen molar-refractivity contribution in [3.63, 3.8) is 0 Å². The molecule has 1 amide bonds. The van der Waals surface area contributed by atoms with Crippen molar-refractivity contribution >= 4 is 44.2 Å². The van der Waals surface area contributed by atoms with E-state index in [1.54, 1.807) is 6.07 Å². The predicted octanol–water partition coefficient (Wildman–Crippen LogP) is 2.63. The van der Waals surface area contributed by atoms with Crippen molar-refractivity contribution in [2.75, 3.05) is 11.9 Å².